The van der Waals surface area contributed by atoms with Crippen molar-refractivity contribution in [2.24, 2.45) is 0 Å². The Labute approximate surface area is 194 Å². The molecule has 5 nitrogen and oxygen atoms in total. The van der Waals surface area contributed by atoms with Crippen LogP contribution in [0.4, 0.5) is 13.2 Å². The van der Waals surface area contributed by atoms with Gasteiger partial charge in [0.05, 0.1) is 5.60 Å². The van der Waals surface area contributed by atoms with E-state index in [9.17, 15) is 28.2 Å². The predicted molar refractivity (Wildman–Crippen MR) is 116 cm³/mol. The molecule has 176 valence electrons. The molecule has 1 aromatic carbocycles. The molecule has 1 amide bonds. The molecule has 9 heteroatoms. The van der Waals surface area contributed by atoms with E-state index in [-0.39, 0.29) is 29.1 Å². The lowest BCUT2D eigenvalue weighted by Crippen LogP contribution is -2.46. The van der Waals surface area contributed by atoms with E-state index in [0.717, 1.165) is 29.9 Å². The summed E-state index contributed by atoms with van der Waals surface area (Å²) in [7, 11) is 0. The van der Waals surface area contributed by atoms with Gasteiger partial charge in [-0.1, -0.05) is 12.1 Å². The van der Waals surface area contributed by atoms with E-state index in [4.69, 9.17) is 5.26 Å². The quantitative estimate of drug-likeness (QED) is 0.645. The zero-order chi connectivity index (χ0) is 24.0. The minimum absolute atomic E-state index is 0.0707. The Morgan fingerprint density at radius 2 is 1.67 bits per heavy atom. The topological polar surface area (TPSA) is 84.6 Å². The van der Waals surface area contributed by atoms with Crippen LogP contribution in [0.2, 0.25) is 0 Å². The van der Waals surface area contributed by atoms with Crippen molar-refractivity contribution in [2.45, 2.75) is 74.9 Å². The van der Waals surface area contributed by atoms with Crippen LogP contribution in [0.15, 0.2) is 36.4 Å². The Hall–Kier alpha value is -2.41. The number of hydrogen-bond donors (Lipinski definition) is 2. The number of carbonyl (C=O) groups is 1. The molecule has 33 heavy (non-hydrogen) atoms. The van der Waals surface area contributed by atoms with Crippen LogP contribution in [0.3, 0.4) is 0 Å². The highest BCUT2D eigenvalue weighted by atomic mass is 32.1. The van der Waals surface area contributed by atoms with Gasteiger partial charge in [-0.15, -0.1) is 11.3 Å². The second-order valence-electron chi connectivity index (χ2n) is 9.13. The Morgan fingerprint density at radius 1 is 1.09 bits per heavy atom. The molecule has 1 aromatic heterocycles. The molecule has 2 N–H and O–H groups in total. The highest BCUT2D eigenvalue weighted by Gasteiger charge is 2.51. The zero-order valence-corrected chi connectivity index (χ0v) is 18.9. The molecule has 0 saturated heterocycles. The molecule has 2 saturated carbocycles. The average molecular weight is 479 g/mol. The number of nitriles is 1. The molecule has 2 aliphatic rings. The number of benzene rings is 1. The van der Waals surface area contributed by atoms with Gasteiger partial charge in [0.1, 0.15) is 10.9 Å². The summed E-state index contributed by atoms with van der Waals surface area (Å²) in [5.74, 6) is -0.242. The number of alkyl halides is 3. The Morgan fingerprint density at radius 3 is 2.15 bits per heavy atom. The molecule has 0 unspecified atom stereocenters. The summed E-state index contributed by atoms with van der Waals surface area (Å²) < 4.78 is 39.3. The van der Waals surface area contributed by atoms with Gasteiger partial charge >= 0.3 is 6.18 Å². The summed E-state index contributed by atoms with van der Waals surface area (Å²) in [5, 5.41) is 30.0. The van der Waals surface area contributed by atoms with Gasteiger partial charge in [-0.3, -0.25) is 4.79 Å². The number of carbonyl (C=O) groups excluding carboxylic acids is 1. The van der Waals surface area contributed by atoms with E-state index in [1.54, 1.807) is 12.1 Å². The number of nitrogens with zero attached hydrogens (tertiary/aromatic N) is 2. The van der Waals surface area contributed by atoms with Crippen LogP contribution < -0.4 is 0 Å². The number of halogens is 3. The van der Waals surface area contributed by atoms with Crippen molar-refractivity contribution >= 4 is 17.2 Å². The third kappa shape index (κ3) is 4.52. The lowest BCUT2D eigenvalue weighted by Gasteiger charge is -2.41. The van der Waals surface area contributed by atoms with Gasteiger partial charge < -0.3 is 15.1 Å². The van der Waals surface area contributed by atoms with Crippen LogP contribution in [-0.2, 0) is 11.2 Å². The van der Waals surface area contributed by atoms with Crippen LogP contribution in [-0.4, -0.2) is 39.3 Å². The summed E-state index contributed by atoms with van der Waals surface area (Å²) in [6, 6.07) is 10.6. The first-order valence-electron chi connectivity index (χ1n) is 10.9. The van der Waals surface area contributed by atoms with Crippen molar-refractivity contribution in [2.75, 3.05) is 0 Å². The molecule has 2 aromatic rings. The Kier molecular flexibility index (Phi) is 6.06. The van der Waals surface area contributed by atoms with Crippen molar-refractivity contribution in [3.8, 4) is 6.07 Å². The molecule has 0 bridgehead atoms. The summed E-state index contributed by atoms with van der Waals surface area (Å²) in [6.45, 7) is 0.691. The smallest absolute Gasteiger partial charge is 0.384 e. The van der Waals surface area contributed by atoms with Gasteiger partial charge in [0.2, 0.25) is 0 Å². The van der Waals surface area contributed by atoms with E-state index < -0.39 is 17.4 Å². The normalized spacial score (nSPS) is 25.2. The number of amides is 1. The Balaban J connectivity index is 1.48. The van der Waals surface area contributed by atoms with E-state index in [1.807, 2.05) is 4.90 Å². The van der Waals surface area contributed by atoms with Crippen molar-refractivity contribution in [3.63, 3.8) is 0 Å². The van der Waals surface area contributed by atoms with Gasteiger partial charge in [0, 0.05) is 22.5 Å². The molecular weight excluding hydrogens is 453 g/mol. The molecule has 4 rings (SSSR count). The minimum Gasteiger partial charge on any atom is -0.384 e. The minimum atomic E-state index is -4.83. The van der Waals surface area contributed by atoms with Crippen LogP contribution in [0.5, 0.6) is 0 Å². The second-order valence-corrected chi connectivity index (χ2v) is 10.2. The predicted octanol–water partition coefficient (Wildman–Crippen LogP) is 4.82. The number of rotatable bonds is 5. The van der Waals surface area contributed by atoms with Gasteiger partial charge in [-0.2, -0.15) is 18.4 Å². The van der Waals surface area contributed by atoms with E-state index >= 15 is 0 Å². The van der Waals surface area contributed by atoms with Crippen molar-refractivity contribution in [3.05, 3.63) is 57.3 Å². The fourth-order valence-electron chi connectivity index (χ4n) is 4.49. The first kappa shape index (κ1) is 23.7. The lowest BCUT2D eigenvalue weighted by atomic mass is 9.80. The van der Waals surface area contributed by atoms with Crippen molar-refractivity contribution in [1.82, 2.24) is 4.90 Å². The number of aliphatic hydroxyl groups is 2. The third-order valence-electron chi connectivity index (χ3n) is 6.77. The standard InChI is InChI=1S/C24H25F3N2O3S/c1-22(31,24(25,26)27)16-4-2-15(3-5-16)21(30)29(17-6-7-17)18-10-12-23(32,13-11-18)20-9-8-19(14-28)33-20/h2-5,8-9,17-18,31-32H,6-7,10-13H2,1H3/t18?,22-,23?/m0/s1. The van der Waals surface area contributed by atoms with E-state index in [2.05, 4.69) is 6.07 Å². The lowest BCUT2D eigenvalue weighted by molar-refractivity contribution is -0.258. The maximum absolute atomic E-state index is 13.3. The van der Waals surface area contributed by atoms with Gasteiger partial charge in [-0.05, 0) is 75.3 Å². The SMILES string of the molecule is C[C@](O)(c1ccc(C(=O)N(C2CC2)C2CCC(O)(c3ccc(C#N)s3)CC2)cc1)C(F)(F)F. The van der Waals surface area contributed by atoms with Crippen LogP contribution >= 0.6 is 11.3 Å². The molecule has 0 radical (unpaired) electrons. The summed E-state index contributed by atoms with van der Waals surface area (Å²) in [6.07, 6.45) is -0.944. The van der Waals surface area contributed by atoms with Crippen molar-refractivity contribution < 1.29 is 28.2 Å². The zero-order valence-electron chi connectivity index (χ0n) is 18.1. The van der Waals surface area contributed by atoms with E-state index in [0.29, 0.717) is 37.5 Å². The van der Waals surface area contributed by atoms with Crippen LogP contribution in [0.1, 0.15) is 71.1 Å². The largest absolute Gasteiger partial charge is 0.421 e. The van der Waals surface area contributed by atoms with Gasteiger partial charge in [-0.25, -0.2) is 0 Å². The first-order valence-corrected chi connectivity index (χ1v) is 11.7. The van der Waals surface area contributed by atoms with Crippen LogP contribution in [0, 0.1) is 11.3 Å². The number of thiophene rings is 1. The Bertz CT molecular complexity index is 1060. The molecule has 1 atom stereocenters. The number of hydrogen-bond acceptors (Lipinski definition) is 5. The summed E-state index contributed by atoms with van der Waals surface area (Å²) >= 11 is 1.28. The van der Waals surface area contributed by atoms with Gasteiger partial charge in [0.15, 0.2) is 5.60 Å². The fraction of sp³-hybridized carbons (Fsp3) is 0.500. The summed E-state index contributed by atoms with van der Waals surface area (Å²) in [4.78, 5) is 16.4. The molecule has 1 heterocycles. The highest BCUT2D eigenvalue weighted by Crippen LogP contribution is 2.44. The molecule has 0 aliphatic heterocycles. The molecule has 0 spiro atoms. The van der Waals surface area contributed by atoms with Gasteiger partial charge in [0.25, 0.3) is 5.91 Å². The second kappa shape index (κ2) is 8.42. The van der Waals surface area contributed by atoms with E-state index in [1.165, 1.54) is 23.5 Å². The maximum atomic E-state index is 13.3. The molecule has 2 fully saturated rings. The van der Waals surface area contributed by atoms with Crippen LogP contribution in [0.25, 0.3) is 0 Å². The van der Waals surface area contributed by atoms with Crippen molar-refractivity contribution in [1.29, 1.82) is 5.26 Å². The highest BCUT2D eigenvalue weighted by molar-refractivity contribution is 7.12. The summed E-state index contributed by atoms with van der Waals surface area (Å²) in [5.41, 5.74) is -4.05. The molecular formula is C24H25F3N2O3S. The monoisotopic (exact) mass is 478 g/mol. The first-order chi connectivity index (χ1) is 15.5. The molecule has 2 aliphatic carbocycles. The fourth-order valence-corrected chi connectivity index (χ4v) is 5.43. The average Bonchev–Trinajstić information content (AvgIpc) is 3.48. The third-order valence-corrected chi connectivity index (χ3v) is 7.95. The maximum Gasteiger partial charge on any atom is 0.421 e.